The van der Waals surface area contributed by atoms with Crippen LogP contribution in [-0.4, -0.2) is 14.2 Å². The van der Waals surface area contributed by atoms with Crippen LogP contribution in [-0.2, 0) is 0 Å². The summed E-state index contributed by atoms with van der Waals surface area (Å²) in [6.07, 6.45) is 0. The van der Waals surface area contributed by atoms with Gasteiger partial charge in [0.15, 0.2) is 11.5 Å². The van der Waals surface area contributed by atoms with Crippen molar-refractivity contribution in [1.82, 2.24) is 0 Å². The van der Waals surface area contributed by atoms with Gasteiger partial charge in [-0.2, -0.15) is 0 Å². The lowest BCUT2D eigenvalue weighted by Gasteiger charge is -2.13. The van der Waals surface area contributed by atoms with Gasteiger partial charge in [-0.25, -0.2) is 0 Å². The first kappa shape index (κ1) is 13.1. The van der Waals surface area contributed by atoms with Crippen molar-refractivity contribution >= 4 is 23.2 Å². The second-order valence-electron chi connectivity index (χ2n) is 3.67. The Bertz CT molecular complexity index is 568. The lowest BCUT2D eigenvalue weighted by molar-refractivity contribution is 0.356. The highest BCUT2D eigenvalue weighted by Gasteiger charge is 2.13. The zero-order chi connectivity index (χ0) is 13.1. The zero-order valence-electron chi connectivity index (χ0n) is 10.0. The Morgan fingerprint density at radius 3 is 2.28 bits per heavy atom. The predicted octanol–water partition coefficient (Wildman–Crippen LogP) is 4.68. The average Bonchev–Trinajstić information content (AvgIpc) is 2.37. The summed E-state index contributed by atoms with van der Waals surface area (Å²) >= 11 is 12.1. The monoisotopic (exact) mass is 282 g/mol. The Hall–Kier alpha value is -1.38. The van der Waals surface area contributed by atoms with Crippen molar-refractivity contribution in [2.24, 2.45) is 0 Å². The number of benzene rings is 2. The molecule has 0 aromatic heterocycles. The lowest BCUT2D eigenvalue weighted by atomic mass is 10.0. The molecule has 0 aliphatic carbocycles. The highest BCUT2D eigenvalue weighted by Crippen LogP contribution is 2.41. The second-order valence-corrected chi connectivity index (χ2v) is 4.51. The standard InChI is InChI=1S/C14H12Cl2O2/c1-17-13-5-3-4-11(14(13)18-2)10-7-6-9(15)8-12(10)16/h3-8H,1-2H3. The molecule has 94 valence electrons. The van der Waals surface area contributed by atoms with Gasteiger partial charge in [-0.1, -0.05) is 41.4 Å². The number of ether oxygens (including phenoxy) is 2. The minimum atomic E-state index is 0.578. The van der Waals surface area contributed by atoms with Crippen molar-refractivity contribution in [3.05, 3.63) is 46.4 Å². The van der Waals surface area contributed by atoms with E-state index in [1.807, 2.05) is 24.3 Å². The van der Waals surface area contributed by atoms with Crippen LogP contribution < -0.4 is 9.47 Å². The highest BCUT2D eigenvalue weighted by atomic mass is 35.5. The third-order valence-corrected chi connectivity index (χ3v) is 3.17. The quantitative estimate of drug-likeness (QED) is 0.814. The SMILES string of the molecule is COc1cccc(-c2ccc(Cl)cc2Cl)c1OC. The van der Waals surface area contributed by atoms with E-state index in [0.717, 1.165) is 11.1 Å². The molecular weight excluding hydrogens is 271 g/mol. The van der Waals surface area contributed by atoms with Gasteiger partial charge in [-0.05, 0) is 18.2 Å². The van der Waals surface area contributed by atoms with Gasteiger partial charge in [0.25, 0.3) is 0 Å². The number of rotatable bonds is 3. The maximum Gasteiger partial charge on any atom is 0.168 e. The molecule has 0 bridgehead atoms. The molecule has 0 radical (unpaired) electrons. The highest BCUT2D eigenvalue weighted by molar-refractivity contribution is 6.36. The summed E-state index contributed by atoms with van der Waals surface area (Å²) in [4.78, 5) is 0. The molecule has 4 heteroatoms. The van der Waals surface area contributed by atoms with Gasteiger partial charge in [-0.15, -0.1) is 0 Å². The van der Waals surface area contributed by atoms with Crippen LogP contribution in [0.25, 0.3) is 11.1 Å². The average molecular weight is 283 g/mol. The molecule has 0 N–H and O–H groups in total. The first-order valence-electron chi connectivity index (χ1n) is 5.33. The van der Waals surface area contributed by atoms with Crippen LogP contribution in [0.5, 0.6) is 11.5 Å². The summed E-state index contributed by atoms with van der Waals surface area (Å²) in [6, 6.07) is 11.0. The van der Waals surface area contributed by atoms with Crippen LogP contribution >= 0.6 is 23.2 Å². The normalized spacial score (nSPS) is 10.2. The van der Waals surface area contributed by atoms with Crippen molar-refractivity contribution in [2.75, 3.05) is 14.2 Å². The van der Waals surface area contributed by atoms with Gasteiger partial charge in [0.2, 0.25) is 0 Å². The smallest absolute Gasteiger partial charge is 0.168 e. The molecule has 0 spiro atoms. The Labute approximate surface area is 116 Å². The van der Waals surface area contributed by atoms with Gasteiger partial charge in [0, 0.05) is 16.1 Å². The van der Waals surface area contributed by atoms with Gasteiger partial charge >= 0.3 is 0 Å². The van der Waals surface area contributed by atoms with Gasteiger partial charge in [0.05, 0.1) is 19.2 Å². The maximum atomic E-state index is 6.21. The van der Waals surface area contributed by atoms with E-state index >= 15 is 0 Å². The van der Waals surface area contributed by atoms with E-state index in [2.05, 4.69) is 0 Å². The molecule has 0 fully saturated rings. The van der Waals surface area contributed by atoms with E-state index in [1.165, 1.54) is 0 Å². The molecule has 0 saturated heterocycles. The number of hydrogen-bond donors (Lipinski definition) is 0. The fraction of sp³-hybridized carbons (Fsp3) is 0.143. The number of halogens is 2. The molecular formula is C14H12Cl2O2. The summed E-state index contributed by atoms with van der Waals surface area (Å²) in [5.41, 5.74) is 1.73. The summed E-state index contributed by atoms with van der Waals surface area (Å²) in [5.74, 6) is 1.32. The molecule has 2 rings (SSSR count). The number of hydrogen-bond acceptors (Lipinski definition) is 2. The van der Waals surface area contributed by atoms with E-state index < -0.39 is 0 Å². The molecule has 2 aromatic carbocycles. The Morgan fingerprint density at radius 2 is 1.67 bits per heavy atom. The topological polar surface area (TPSA) is 18.5 Å². The summed E-state index contributed by atoms with van der Waals surface area (Å²) < 4.78 is 10.7. The molecule has 0 atom stereocenters. The number of para-hydroxylation sites is 1. The first-order chi connectivity index (χ1) is 8.67. The molecule has 0 unspecified atom stereocenters. The molecule has 0 aliphatic heterocycles. The summed E-state index contributed by atoms with van der Waals surface area (Å²) in [5, 5.41) is 1.18. The van der Waals surface area contributed by atoms with Crippen LogP contribution in [0, 0.1) is 0 Å². The van der Waals surface area contributed by atoms with E-state index in [1.54, 1.807) is 26.4 Å². The molecule has 2 aromatic rings. The lowest BCUT2D eigenvalue weighted by Crippen LogP contribution is -1.93. The fourth-order valence-electron chi connectivity index (χ4n) is 1.81. The largest absolute Gasteiger partial charge is 0.493 e. The van der Waals surface area contributed by atoms with Crippen molar-refractivity contribution in [1.29, 1.82) is 0 Å². The minimum absolute atomic E-state index is 0.578. The van der Waals surface area contributed by atoms with Crippen molar-refractivity contribution in [3.8, 4) is 22.6 Å². The van der Waals surface area contributed by atoms with E-state index in [0.29, 0.717) is 21.5 Å². The van der Waals surface area contributed by atoms with Crippen molar-refractivity contribution in [2.45, 2.75) is 0 Å². The van der Waals surface area contributed by atoms with Crippen LogP contribution in [0.4, 0.5) is 0 Å². The van der Waals surface area contributed by atoms with Gasteiger partial charge in [0.1, 0.15) is 0 Å². The van der Waals surface area contributed by atoms with E-state index in [4.69, 9.17) is 32.7 Å². The molecule has 18 heavy (non-hydrogen) atoms. The molecule has 2 nitrogen and oxygen atoms in total. The van der Waals surface area contributed by atoms with Gasteiger partial charge in [-0.3, -0.25) is 0 Å². The number of methoxy groups -OCH3 is 2. The van der Waals surface area contributed by atoms with E-state index in [9.17, 15) is 0 Å². The Morgan fingerprint density at radius 1 is 0.889 bits per heavy atom. The maximum absolute atomic E-state index is 6.21. The summed E-state index contributed by atoms with van der Waals surface area (Å²) in [7, 11) is 3.20. The predicted molar refractivity (Wildman–Crippen MR) is 75.0 cm³/mol. The van der Waals surface area contributed by atoms with E-state index in [-0.39, 0.29) is 0 Å². The molecule has 0 saturated carbocycles. The van der Waals surface area contributed by atoms with Gasteiger partial charge < -0.3 is 9.47 Å². The fourth-order valence-corrected chi connectivity index (χ4v) is 2.32. The van der Waals surface area contributed by atoms with Crippen LogP contribution in [0.1, 0.15) is 0 Å². The van der Waals surface area contributed by atoms with Crippen molar-refractivity contribution in [3.63, 3.8) is 0 Å². The zero-order valence-corrected chi connectivity index (χ0v) is 11.5. The second kappa shape index (κ2) is 5.51. The molecule has 0 heterocycles. The Kier molecular flexibility index (Phi) is 4.00. The molecule has 0 amide bonds. The summed E-state index contributed by atoms with van der Waals surface area (Å²) in [6.45, 7) is 0. The first-order valence-corrected chi connectivity index (χ1v) is 6.09. The van der Waals surface area contributed by atoms with Crippen molar-refractivity contribution < 1.29 is 9.47 Å². The Balaban J connectivity index is 2.63. The third kappa shape index (κ3) is 2.40. The van der Waals surface area contributed by atoms with Crippen LogP contribution in [0.2, 0.25) is 10.0 Å². The third-order valence-electron chi connectivity index (χ3n) is 2.62. The molecule has 0 aliphatic rings. The van der Waals surface area contributed by atoms with Crippen LogP contribution in [0.3, 0.4) is 0 Å². The van der Waals surface area contributed by atoms with Crippen LogP contribution in [0.15, 0.2) is 36.4 Å². The minimum Gasteiger partial charge on any atom is -0.493 e.